The van der Waals surface area contributed by atoms with Gasteiger partial charge in [0.25, 0.3) is 0 Å². The number of amides is 1. The molecule has 4 rings (SSSR count). The molecule has 1 aliphatic heterocycles. The number of hydrogen-bond donors (Lipinski definition) is 1. The molecule has 1 aliphatic rings. The fraction of sp³-hybridized carbons (Fsp3) is 0.292. The second kappa shape index (κ2) is 9.94. The molecule has 1 aromatic heterocycles. The number of carbonyl (C=O) groups excluding carboxylic acids is 2. The van der Waals surface area contributed by atoms with Crippen LogP contribution >= 0.6 is 11.8 Å². The minimum absolute atomic E-state index is 0.000677. The standard InChI is InChI=1S/C24H25N3O3S/c1-17(28)18-9-11-20(12-10-18)26-23(29)16-31-24-25-14-22(19-6-3-2-4-7-19)27(24)15-21-8-5-13-30-21/h2-4,6-7,9-12,14,21H,5,8,13,15-16H2,1H3,(H,26,29)/t21-/m0/s1. The monoisotopic (exact) mass is 435 g/mol. The molecule has 1 N–H and O–H groups in total. The molecule has 6 nitrogen and oxygen atoms in total. The lowest BCUT2D eigenvalue weighted by Gasteiger charge is -2.16. The number of benzene rings is 2. The van der Waals surface area contributed by atoms with E-state index >= 15 is 0 Å². The predicted molar refractivity (Wildman–Crippen MR) is 122 cm³/mol. The van der Waals surface area contributed by atoms with Crippen LogP contribution in [0.2, 0.25) is 0 Å². The van der Waals surface area contributed by atoms with Crippen molar-refractivity contribution in [3.63, 3.8) is 0 Å². The SMILES string of the molecule is CC(=O)c1ccc(NC(=O)CSc2ncc(-c3ccccc3)n2C[C@@H]2CCCO2)cc1. The summed E-state index contributed by atoms with van der Waals surface area (Å²) in [6.07, 6.45) is 4.15. The first kappa shape index (κ1) is 21.3. The van der Waals surface area contributed by atoms with Crippen LogP contribution in [0, 0.1) is 0 Å². The normalized spacial score (nSPS) is 15.7. The molecule has 0 bridgehead atoms. The first-order valence-electron chi connectivity index (χ1n) is 10.4. The van der Waals surface area contributed by atoms with E-state index in [0.717, 1.165) is 42.4 Å². The zero-order valence-corrected chi connectivity index (χ0v) is 18.2. The fourth-order valence-corrected chi connectivity index (χ4v) is 4.39. The van der Waals surface area contributed by atoms with Gasteiger partial charge in [0.1, 0.15) is 0 Å². The van der Waals surface area contributed by atoms with E-state index in [1.165, 1.54) is 18.7 Å². The van der Waals surface area contributed by atoms with Crippen molar-refractivity contribution in [2.75, 3.05) is 17.7 Å². The number of carbonyl (C=O) groups is 2. The second-order valence-corrected chi connectivity index (χ2v) is 8.45. The summed E-state index contributed by atoms with van der Waals surface area (Å²) in [5, 5.41) is 3.68. The van der Waals surface area contributed by atoms with Crippen molar-refractivity contribution in [3.8, 4) is 11.3 Å². The Bertz CT molecular complexity index is 1040. The maximum Gasteiger partial charge on any atom is 0.234 e. The van der Waals surface area contributed by atoms with Crippen LogP contribution in [0.5, 0.6) is 0 Å². The molecule has 1 saturated heterocycles. The lowest BCUT2D eigenvalue weighted by atomic mass is 10.1. The molecular weight excluding hydrogens is 410 g/mol. The zero-order chi connectivity index (χ0) is 21.6. The van der Waals surface area contributed by atoms with Crippen LogP contribution in [0.4, 0.5) is 5.69 Å². The maximum absolute atomic E-state index is 12.5. The summed E-state index contributed by atoms with van der Waals surface area (Å²) in [7, 11) is 0. The molecule has 1 amide bonds. The number of hydrogen-bond acceptors (Lipinski definition) is 5. The van der Waals surface area contributed by atoms with Crippen LogP contribution in [-0.2, 0) is 16.1 Å². The van der Waals surface area contributed by atoms with Crippen LogP contribution in [0.1, 0.15) is 30.1 Å². The highest BCUT2D eigenvalue weighted by molar-refractivity contribution is 7.99. The molecule has 3 aromatic rings. The smallest absolute Gasteiger partial charge is 0.234 e. The second-order valence-electron chi connectivity index (χ2n) is 7.51. The molecule has 0 spiro atoms. The first-order valence-corrected chi connectivity index (χ1v) is 11.3. The number of nitrogens with zero attached hydrogens (tertiary/aromatic N) is 2. The van der Waals surface area contributed by atoms with Gasteiger partial charge in [-0.1, -0.05) is 42.1 Å². The van der Waals surface area contributed by atoms with E-state index in [1.807, 2.05) is 24.4 Å². The van der Waals surface area contributed by atoms with Crippen molar-refractivity contribution >= 4 is 29.1 Å². The third-order valence-electron chi connectivity index (χ3n) is 5.21. The highest BCUT2D eigenvalue weighted by Crippen LogP contribution is 2.28. The fourth-order valence-electron chi connectivity index (χ4n) is 3.60. The van der Waals surface area contributed by atoms with Gasteiger partial charge >= 0.3 is 0 Å². The van der Waals surface area contributed by atoms with Gasteiger partial charge in [0.2, 0.25) is 5.91 Å². The Morgan fingerprint density at radius 3 is 2.61 bits per heavy atom. The summed E-state index contributed by atoms with van der Waals surface area (Å²) in [5.41, 5.74) is 3.41. The molecule has 0 radical (unpaired) electrons. The van der Waals surface area contributed by atoms with E-state index in [1.54, 1.807) is 24.3 Å². The Balaban J connectivity index is 1.45. The summed E-state index contributed by atoms with van der Waals surface area (Å²) in [4.78, 5) is 28.5. The number of aromatic nitrogens is 2. The van der Waals surface area contributed by atoms with E-state index in [-0.39, 0.29) is 23.5 Å². The summed E-state index contributed by atoms with van der Waals surface area (Å²) in [6, 6.07) is 17.1. The van der Waals surface area contributed by atoms with Gasteiger partial charge in [-0.15, -0.1) is 0 Å². The topological polar surface area (TPSA) is 73.2 Å². The largest absolute Gasteiger partial charge is 0.376 e. The van der Waals surface area contributed by atoms with Crippen molar-refractivity contribution < 1.29 is 14.3 Å². The summed E-state index contributed by atoms with van der Waals surface area (Å²) < 4.78 is 8.00. The summed E-state index contributed by atoms with van der Waals surface area (Å²) in [6.45, 7) is 3.04. The van der Waals surface area contributed by atoms with Crippen molar-refractivity contribution in [1.82, 2.24) is 9.55 Å². The first-order chi connectivity index (χ1) is 15.1. The molecule has 31 heavy (non-hydrogen) atoms. The number of anilines is 1. The van der Waals surface area contributed by atoms with Crippen molar-refractivity contribution in [2.24, 2.45) is 0 Å². The number of ether oxygens (including phenoxy) is 1. The van der Waals surface area contributed by atoms with Gasteiger partial charge in [0, 0.05) is 17.9 Å². The van der Waals surface area contributed by atoms with Gasteiger partial charge in [-0.3, -0.25) is 9.59 Å². The van der Waals surface area contributed by atoms with Crippen LogP contribution in [0.3, 0.4) is 0 Å². The molecular formula is C24H25N3O3S. The number of ketones is 1. The highest BCUT2D eigenvalue weighted by Gasteiger charge is 2.21. The minimum Gasteiger partial charge on any atom is -0.376 e. The Hall–Kier alpha value is -2.90. The van der Waals surface area contributed by atoms with Gasteiger partial charge in [-0.25, -0.2) is 4.98 Å². The van der Waals surface area contributed by atoms with Gasteiger partial charge in [-0.2, -0.15) is 0 Å². The minimum atomic E-state index is -0.117. The van der Waals surface area contributed by atoms with Gasteiger partial charge in [0.15, 0.2) is 10.9 Å². The maximum atomic E-state index is 12.5. The Morgan fingerprint density at radius 2 is 1.94 bits per heavy atom. The molecule has 1 fully saturated rings. The average Bonchev–Trinajstić information content (AvgIpc) is 3.44. The van der Waals surface area contributed by atoms with Crippen LogP contribution in [0.15, 0.2) is 66.0 Å². The molecule has 160 valence electrons. The predicted octanol–water partition coefficient (Wildman–Crippen LogP) is 4.66. The van der Waals surface area contributed by atoms with E-state index in [2.05, 4.69) is 27.0 Å². The summed E-state index contributed by atoms with van der Waals surface area (Å²) >= 11 is 1.41. The number of nitrogens with one attached hydrogen (secondary N) is 1. The number of thioether (sulfide) groups is 1. The van der Waals surface area contributed by atoms with E-state index in [9.17, 15) is 9.59 Å². The third kappa shape index (κ3) is 5.42. The lowest BCUT2D eigenvalue weighted by molar-refractivity contribution is -0.113. The van der Waals surface area contributed by atoms with Crippen molar-refractivity contribution in [3.05, 3.63) is 66.4 Å². The third-order valence-corrected chi connectivity index (χ3v) is 6.20. The highest BCUT2D eigenvalue weighted by atomic mass is 32.2. The zero-order valence-electron chi connectivity index (χ0n) is 17.4. The van der Waals surface area contributed by atoms with Crippen molar-refractivity contribution in [1.29, 1.82) is 0 Å². The van der Waals surface area contributed by atoms with Gasteiger partial charge < -0.3 is 14.6 Å². The Labute approximate surface area is 186 Å². The van der Waals surface area contributed by atoms with Gasteiger partial charge in [0.05, 0.1) is 30.3 Å². The van der Waals surface area contributed by atoms with Gasteiger partial charge in [-0.05, 0) is 49.6 Å². The molecule has 1 atom stereocenters. The average molecular weight is 436 g/mol. The van der Waals surface area contributed by atoms with Crippen LogP contribution in [-0.4, -0.2) is 39.7 Å². The molecule has 2 aromatic carbocycles. The molecule has 0 aliphatic carbocycles. The quantitative estimate of drug-likeness (QED) is 0.411. The Morgan fingerprint density at radius 1 is 1.16 bits per heavy atom. The van der Waals surface area contributed by atoms with Crippen molar-refractivity contribution in [2.45, 2.75) is 37.6 Å². The Kier molecular flexibility index (Phi) is 6.84. The molecule has 0 unspecified atom stereocenters. The number of rotatable bonds is 8. The van der Waals surface area contributed by atoms with E-state index < -0.39 is 0 Å². The molecule has 2 heterocycles. The number of Topliss-reactive ketones (excluding diaryl/α,β-unsaturated/α-hetero) is 1. The molecule has 7 heteroatoms. The number of imidazole rings is 1. The van der Waals surface area contributed by atoms with Crippen LogP contribution < -0.4 is 5.32 Å². The lowest BCUT2D eigenvalue weighted by Crippen LogP contribution is -2.18. The van der Waals surface area contributed by atoms with E-state index in [4.69, 9.17) is 4.74 Å². The molecule has 0 saturated carbocycles. The van der Waals surface area contributed by atoms with Crippen LogP contribution in [0.25, 0.3) is 11.3 Å². The van der Waals surface area contributed by atoms with E-state index in [0.29, 0.717) is 11.3 Å². The summed E-state index contributed by atoms with van der Waals surface area (Å²) in [5.74, 6) is 0.125.